The van der Waals surface area contributed by atoms with Crippen LogP contribution < -0.4 is 15.8 Å². The van der Waals surface area contributed by atoms with Gasteiger partial charge < -0.3 is 25.3 Å². The molecule has 2 aromatic rings. The van der Waals surface area contributed by atoms with Gasteiger partial charge >= 0.3 is 11.9 Å². The van der Waals surface area contributed by atoms with E-state index < -0.39 is 29.9 Å². The molecule has 0 atom stereocenters. The lowest BCUT2D eigenvalue weighted by Gasteiger charge is -2.26. The van der Waals surface area contributed by atoms with Crippen molar-refractivity contribution in [3.05, 3.63) is 64.7 Å². The topological polar surface area (TPSA) is 117 Å². The van der Waals surface area contributed by atoms with Gasteiger partial charge in [-0.2, -0.15) is 0 Å². The zero-order chi connectivity index (χ0) is 26.1. The largest absolute Gasteiger partial charge is 0.476 e. The average Bonchev–Trinajstić information content (AvgIpc) is 2.84. The molecule has 0 fully saturated rings. The highest BCUT2D eigenvalue weighted by atomic mass is 35.5. The van der Waals surface area contributed by atoms with Crippen LogP contribution in [0, 0.1) is 0 Å². The van der Waals surface area contributed by atoms with Gasteiger partial charge in [-0.15, -0.1) is 12.4 Å². The molecule has 0 bridgehead atoms. The highest BCUT2D eigenvalue weighted by Crippen LogP contribution is 2.21. The number of benzene rings is 2. The third-order valence-electron chi connectivity index (χ3n) is 5.64. The van der Waals surface area contributed by atoms with Crippen molar-refractivity contribution in [2.24, 2.45) is 5.73 Å². The number of hydrogen-bond donors (Lipinski definition) is 2. The zero-order valence-electron chi connectivity index (χ0n) is 21.0. The van der Waals surface area contributed by atoms with Crippen LogP contribution in [0.4, 0.5) is 0 Å². The second-order valence-corrected chi connectivity index (χ2v) is 9.05. The van der Waals surface area contributed by atoms with Crippen molar-refractivity contribution in [2.45, 2.75) is 58.1 Å². The number of carbonyl (C=O) groups excluding carboxylic acids is 3. The number of nitrogens with two attached hydrogens (primary N) is 1. The third kappa shape index (κ3) is 9.00. The van der Waals surface area contributed by atoms with E-state index in [2.05, 4.69) is 5.32 Å². The summed E-state index contributed by atoms with van der Waals surface area (Å²) in [5.41, 5.74) is 5.09. The minimum atomic E-state index is -1.31. The fourth-order valence-electron chi connectivity index (χ4n) is 3.08. The Labute approximate surface area is 223 Å². The Morgan fingerprint density at radius 2 is 1.47 bits per heavy atom. The van der Waals surface area contributed by atoms with E-state index in [-0.39, 0.29) is 18.3 Å². The third-order valence-corrected chi connectivity index (χ3v) is 5.89. The van der Waals surface area contributed by atoms with Crippen LogP contribution in [0.15, 0.2) is 48.5 Å². The van der Waals surface area contributed by atoms with Crippen molar-refractivity contribution in [3.63, 3.8) is 0 Å². The number of amides is 1. The van der Waals surface area contributed by atoms with E-state index in [0.717, 1.165) is 5.56 Å². The van der Waals surface area contributed by atoms with Crippen molar-refractivity contribution in [1.82, 2.24) is 5.32 Å². The zero-order valence-corrected chi connectivity index (χ0v) is 22.5. The summed E-state index contributed by atoms with van der Waals surface area (Å²) in [4.78, 5) is 36.7. The molecule has 10 heteroatoms. The SMILES string of the molecule is CCC(N)(CC)C(=O)OCOC(=O)C(C)(C)Oc1ccc(CCNC(=O)c2ccc(Cl)cc2)cc1.Cl. The molecule has 0 aliphatic heterocycles. The molecule has 0 aromatic heterocycles. The Morgan fingerprint density at radius 3 is 2.03 bits per heavy atom. The summed E-state index contributed by atoms with van der Waals surface area (Å²) in [5, 5.41) is 3.43. The first kappa shape index (κ1) is 31.2. The standard InChI is InChI=1S/C26H33ClN2O6.ClH/c1-5-26(28,6-2)24(32)34-17-33-23(31)25(3,4)35-21-13-7-18(8-14-21)15-16-29-22(30)19-9-11-20(27)12-10-19;/h7-14H,5-6,15-17,28H2,1-4H3,(H,29,30);1H. The Balaban J connectivity index is 0.00000648. The fourth-order valence-corrected chi connectivity index (χ4v) is 3.20. The lowest BCUT2D eigenvalue weighted by atomic mass is 9.95. The number of nitrogens with one attached hydrogen (secondary N) is 1. The molecule has 0 saturated carbocycles. The molecule has 0 aliphatic carbocycles. The first-order chi connectivity index (χ1) is 16.5. The molecule has 8 nitrogen and oxygen atoms in total. The summed E-state index contributed by atoms with van der Waals surface area (Å²) in [7, 11) is 0. The summed E-state index contributed by atoms with van der Waals surface area (Å²) in [6.45, 7) is 6.61. The summed E-state index contributed by atoms with van der Waals surface area (Å²) in [5.74, 6) is -1.01. The van der Waals surface area contributed by atoms with Gasteiger partial charge in [0.25, 0.3) is 5.91 Å². The second kappa shape index (κ2) is 14.1. The van der Waals surface area contributed by atoms with Gasteiger partial charge in [-0.3, -0.25) is 4.79 Å². The van der Waals surface area contributed by atoms with Gasteiger partial charge in [-0.05, 0) is 75.1 Å². The maximum Gasteiger partial charge on any atom is 0.352 e. The molecule has 0 saturated heterocycles. The minimum Gasteiger partial charge on any atom is -0.476 e. The number of hydrogen-bond acceptors (Lipinski definition) is 7. The smallest absolute Gasteiger partial charge is 0.352 e. The normalized spacial score (nSPS) is 11.2. The van der Waals surface area contributed by atoms with Gasteiger partial charge in [0.15, 0.2) is 5.60 Å². The molecule has 0 radical (unpaired) electrons. The van der Waals surface area contributed by atoms with Crippen LogP contribution in [0.2, 0.25) is 5.02 Å². The number of esters is 2. The van der Waals surface area contributed by atoms with E-state index in [0.29, 0.717) is 42.1 Å². The van der Waals surface area contributed by atoms with Gasteiger partial charge in [0.2, 0.25) is 6.79 Å². The van der Waals surface area contributed by atoms with Gasteiger partial charge in [0.1, 0.15) is 11.3 Å². The average molecular weight is 541 g/mol. The Kier molecular flexibility index (Phi) is 12.2. The quantitative estimate of drug-likeness (QED) is 0.301. The molecule has 0 heterocycles. The maximum atomic E-state index is 12.4. The summed E-state index contributed by atoms with van der Waals surface area (Å²) in [6.07, 6.45) is 1.44. The molecule has 3 N–H and O–H groups in total. The molecule has 0 spiro atoms. The maximum absolute atomic E-state index is 12.4. The van der Waals surface area contributed by atoms with E-state index in [1.54, 1.807) is 64.1 Å². The van der Waals surface area contributed by atoms with Crippen LogP contribution in [-0.4, -0.2) is 42.3 Å². The number of halogens is 2. The summed E-state index contributed by atoms with van der Waals surface area (Å²) < 4.78 is 15.9. The molecule has 1 amide bonds. The van der Waals surface area contributed by atoms with Crippen LogP contribution in [0.1, 0.15) is 56.5 Å². The van der Waals surface area contributed by atoms with Crippen LogP contribution >= 0.6 is 24.0 Å². The number of ether oxygens (including phenoxy) is 3. The minimum absolute atomic E-state index is 0. The lowest BCUT2D eigenvalue weighted by Crippen LogP contribution is -2.48. The van der Waals surface area contributed by atoms with E-state index in [4.69, 9.17) is 31.5 Å². The molecular formula is C26H34Cl2N2O6. The molecule has 36 heavy (non-hydrogen) atoms. The van der Waals surface area contributed by atoms with E-state index in [1.165, 1.54) is 0 Å². The van der Waals surface area contributed by atoms with Crippen molar-refractivity contribution in [1.29, 1.82) is 0 Å². The number of rotatable bonds is 12. The highest BCUT2D eigenvalue weighted by molar-refractivity contribution is 6.30. The van der Waals surface area contributed by atoms with Gasteiger partial charge in [-0.1, -0.05) is 37.6 Å². The number of carbonyl (C=O) groups is 3. The van der Waals surface area contributed by atoms with Gasteiger partial charge in [-0.25, -0.2) is 9.59 Å². The van der Waals surface area contributed by atoms with E-state index >= 15 is 0 Å². The first-order valence-electron chi connectivity index (χ1n) is 11.5. The van der Waals surface area contributed by atoms with E-state index in [1.807, 2.05) is 12.1 Å². The molecule has 2 aromatic carbocycles. The lowest BCUT2D eigenvalue weighted by molar-refractivity contribution is -0.180. The van der Waals surface area contributed by atoms with Gasteiger partial charge in [0, 0.05) is 17.1 Å². The molecule has 0 unspecified atom stereocenters. The highest BCUT2D eigenvalue weighted by Gasteiger charge is 2.34. The first-order valence-corrected chi connectivity index (χ1v) is 11.8. The summed E-state index contributed by atoms with van der Waals surface area (Å²) >= 11 is 5.84. The molecule has 2 rings (SSSR count). The van der Waals surface area contributed by atoms with Crippen molar-refractivity contribution in [3.8, 4) is 5.75 Å². The summed E-state index contributed by atoms with van der Waals surface area (Å²) in [6, 6.07) is 13.8. The second-order valence-electron chi connectivity index (χ2n) is 8.61. The van der Waals surface area contributed by atoms with Crippen LogP contribution in [-0.2, 0) is 25.5 Å². The molecule has 0 aliphatic rings. The molecule has 198 valence electrons. The van der Waals surface area contributed by atoms with Crippen LogP contribution in [0.5, 0.6) is 5.75 Å². The molecular weight excluding hydrogens is 507 g/mol. The Hall–Kier alpha value is -2.81. The van der Waals surface area contributed by atoms with Crippen LogP contribution in [0.3, 0.4) is 0 Å². The van der Waals surface area contributed by atoms with Crippen LogP contribution in [0.25, 0.3) is 0 Å². The predicted octanol–water partition coefficient (Wildman–Crippen LogP) is 4.45. The Bertz CT molecular complexity index is 1010. The van der Waals surface area contributed by atoms with Crippen molar-refractivity contribution >= 4 is 41.9 Å². The van der Waals surface area contributed by atoms with Gasteiger partial charge in [0.05, 0.1) is 0 Å². The monoisotopic (exact) mass is 540 g/mol. The van der Waals surface area contributed by atoms with E-state index in [9.17, 15) is 14.4 Å². The Morgan fingerprint density at radius 1 is 0.917 bits per heavy atom. The fraction of sp³-hybridized carbons (Fsp3) is 0.423. The predicted molar refractivity (Wildman–Crippen MR) is 140 cm³/mol. The van der Waals surface area contributed by atoms with Crippen molar-refractivity contribution < 1.29 is 28.6 Å². The van der Waals surface area contributed by atoms with Crippen molar-refractivity contribution in [2.75, 3.05) is 13.3 Å².